The highest BCUT2D eigenvalue weighted by Gasteiger charge is 2.28. The van der Waals surface area contributed by atoms with Crippen LogP contribution in [0.5, 0.6) is 0 Å². The third-order valence-electron chi connectivity index (χ3n) is 5.69. The largest absolute Gasteiger partial charge is 0.462 e. The number of carbonyl (C=O) groups is 3. The molecule has 0 fully saturated rings. The van der Waals surface area contributed by atoms with E-state index in [1.807, 2.05) is 23.6 Å². The molecule has 11 heteroatoms. The Bertz CT molecular complexity index is 1350. The number of amides is 2. The van der Waals surface area contributed by atoms with Gasteiger partial charge in [-0.15, -0.1) is 23.1 Å². The van der Waals surface area contributed by atoms with E-state index in [1.165, 1.54) is 34.4 Å². The van der Waals surface area contributed by atoms with Gasteiger partial charge in [-0.05, 0) is 56.4 Å². The van der Waals surface area contributed by atoms with Crippen LogP contribution in [0.15, 0.2) is 23.2 Å². The number of nitrogens with one attached hydrogen (secondary N) is 1. The zero-order valence-electron chi connectivity index (χ0n) is 20.5. The van der Waals surface area contributed by atoms with Crippen LogP contribution in [0, 0.1) is 6.92 Å². The van der Waals surface area contributed by atoms with Crippen molar-refractivity contribution in [1.29, 1.82) is 0 Å². The fourth-order valence-corrected chi connectivity index (χ4v) is 7.17. The Hall–Kier alpha value is -2.47. The van der Waals surface area contributed by atoms with Crippen LogP contribution in [0.3, 0.4) is 0 Å². The molecule has 36 heavy (non-hydrogen) atoms. The lowest BCUT2D eigenvalue weighted by Crippen LogP contribution is -2.20. The molecule has 0 saturated carbocycles. The number of aryl methyl sites for hydroxylation is 2. The summed E-state index contributed by atoms with van der Waals surface area (Å²) in [6.45, 7) is 5.18. The van der Waals surface area contributed by atoms with Crippen molar-refractivity contribution in [3.8, 4) is 0 Å². The van der Waals surface area contributed by atoms with Crippen molar-refractivity contribution in [2.24, 2.45) is 4.99 Å². The number of thioether (sulfide) groups is 1. The molecule has 2 amide bonds. The van der Waals surface area contributed by atoms with E-state index in [2.05, 4.69) is 16.4 Å². The standard InChI is InChI=1S/C25H29N3O5S3/c1-4-33-24(31)22-16-6-5-7-18(16)35-23(22)26-20(29)13-34-14-21(30)27-25-28(10-11-32-3)17-9-8-15(2)12-19(17)36-25/h8-9,12H,4-7,10-11,13-14H2,1-3H3,(H,26,29). The van der Waals surface area contributed by atoms with Gasteiger partial charge in [-0.2, -0.15) is 4.99 Å². The zero-order chi connectivity index (χ0) is 25.7. The summed E-state index contributed by atoms with van der Waals surface area (Å²) in [6, 6.07) is 6.15. The maximum Gasteiger partial charge on any atom is 0.341 e. The lowest BCUT2D eigenvalue weighted by molar-refractivity contribution is -0.115. The van der Waals surface area contributed by atoms with Gasteiger partial charge in [-0.1, -0.05) is 17.4 Å². The number of carbonyl (C=O) groups excluding carboxylic acids is 3. The number of benzene rings is 1. The second-order valence-electron chi connectivity index (χ2n) is 8.33. The van der Waals surface area contributed by atoms with Gasteiger partial charge in [-0.25, -0.2) is 4.79 Å². The molecule has 3 aromatic rings. The van der Waals surface area contributed by atoms with Gasteiger partial charge in [0.15, 0.2) is 4.80 Å². The van der Waals surface area contributed by atoms with Crippen molar-refractivity contribution in [1.82, 2.24) is 4.57 Å². The zero-order valence-corrected chi connectivity index (χ0v) is 23.0. The van der Waals surface area contributed by atoms with Gasteiger partial charge >= 0.3 is 5.97 Å². The van der Waals surface area contributed by atoms with Gasteiger partial charge in [0, 0.05) is 18.5 Å². The number of ether oxygens (including phenoxy) is 2. The minimum absolute atomic E-state index is 0.0800. The van der Waals surface area contributed by atoms with E-state index in [1.54, 1.807) is 14.0 Å². The predicted molar refractivity (Wildman–Crippen MR) is 145 cm³/mol. The van der Waals surface area contributed by atoms with Crippen LogP contribution >= 0.6 is 34.4 Å². The molecule has 192 valence electrons. The third kappa shape index (κ3) is 6.08. The van der Waals surface area contributed by atoms with Crippen molar-refractivity contribution in [2.75, 3.05) is 37.1 Å². The van der Waals surface area contributed by atoms with Gasteiger partial charge in [0.2, 0.25) is 5.91 Å². The second kappa shape index (κ2) is 12.2. The van der Waals surface area contributed by atoms with Crippen molar-refractivity contribution in [2.45, 2.75) is 39.7 Å². The fraction of sp³-hybridized carbons (Fsp3) is 0.440. The highest BCUT2D eigenvalue weighted by molar-refractivity contribution is 8.00. The van der Waals surface area contributed by atoms with Crippen molar-refractivity contribution < 1.29 is 23.9 Å². The van der Waals surface area contributed by atoms with Crippen LogP contribution < -0.4 is 10.1 Å². The Labute approximate surface area is 221 Å². The second-order valence-corrected chi connectivity index (χ2v) is 11.4. The molecular weight excluding hydrogens is 518 g/mol. The van der Waals surface area contributed by atoms with Crippen LogP contribution in [-0.2, 0) is 38.4 Å². The molecule has 0 radical (unpaired) electrons. The first-order valence-corrected chi connectivity index (χ1v) is 14.6. The Morgan fingerprint density at radius 1 is 1.19 bits per heavy atom. The van der Waals surface area contributed by atoms with Crippen LogP contribution in [0.2, 0.25) is 0 Å². The normalized spacial score (nSPS) is 13.2. The number of rotatable bonds is 10. The number of aromatic nitrogens is 1. The summed E-state index contributed by atoms with van der Waals surface area (Å²) in [5.41, 5.74) is 3.64. The molecule has 2 heterocycles. The van der Waals surface area contributed by atoms with E-state index in [0.29, 0.717) is 28.5 Å². The number of nitrogens with zero attached hydrogens (tertiary/aromatic N) is 2. The van der Waals surface area contributed by atoms with Gasteiger partial charge in [0.25, 0.3) is 5.91 Å². The van der Waals surface area contributed by atoms with Crippen molar-refractivity contribution in [3.63, 3.8) is 0 Å². The average Bonchev–Trinajstić information content (AvgIpc) is 3.50. The first-order chi connectivity index (χ1) is 17.4. The average molecular weight is 548 g/mol. The number of thiophene rings is 1. The Morgan fingerprint density at radius 2 is 2.03 bits per heavy atom. The summed E-state index contributed by atoms with van der Waals surface area (Å²) in [5.74, 6) is -0.789. The number of fused-ring (bicyclic) bond motifs is 2. The quantitative estimate of drug-likeness (QED) is 0.382. The molecule has 0 atom stereocenters. The predicted octanol–water partition coefficient (Wildman–Crippen LogP) is 4.18. The number of hydrogen-bond acceptors (Lipinski definition) is 8. The number of esters is 1. The summed E-state index contributed by atoms with van der Waals surface area (Å²) in [4.78, 5) is 43.8. The maximum atomic E-state index is 12.6. The van der Waals surface area contributed by atoms with E-state index in [0.717, 1.165) is 45.5 Å². The minimum Gasteiger partial charge on any atom is -0.462 e. The number of thiazole rings is 1. The van der Waals surface area contributed by atoms with Crippen molar-refractivity contribution in [3.05, 3.63) is 44.6 Å². The molecule has 4 rings (SSSR count). The smallest absolute Gasteiger partial charge is 0.341 e. The highest BCUT2D eigenvalue weighted by atomic mass is 32.2. The summed E-state index contributed by atoms with van der Waals surface area (Å²) in [5, 5.41) is 3.40. The van der Waals surface area contributed by atoms with Crippen LogP contribution in [0.25, 0.3) is 10.2 Å². The highest BCUT2D eigenvalue weighted by Crippen LogP contribution is 2.39. The molecule has 0 spiro atoms. The van der Waals surface area contributed by atoms with E-state index in [4.69, 9.17) is 9.47 Å². The monoisotopic (exact) mass is 547 g/mol. The van der Waals surface area contributed by atoms with Gasteiger partial charge < -0.3 is 19.4 Å². The molecule has 8 nitrogen and oxygen atoms in total. The van der Waals surface area contributed by atoms with Crippen LogP contribution in [0.1, 0.15) is 39.7 Å². The van der Waals surface area contributed by atoms with Gasteiger partial charge in [0.05, 0.1) is 40.5 Å². The Kier molecular flexibility index (Phi) is 9.00. The molecule has 0 bridgehead atoms. The summed E-state index contributed by atoms with van der Waals surface area (Å²) in [7, 11) is 1.64. The molecule has 1 aliphatic rings. The maximum absolute atomic E-state index is 12.6. The SMILES string of the molecule is CCOC(=O)c1c(NC(=O)CSCC(=O)N=c2sc3cc(C)ccc3n2CCOC)sc2c1CCC2. The Balaban J connectivity index is 1.40. The van der Waals surface area contributed by atoms with Gasteiger partial charge in [0.1, 0.15) is 5.00 Å². The molecule has 0 saturated heterocycles. The fourth-order valence-electron chi connectivity index (χ4n) is 4.11. The summed E-state index contributed by atoms with van der Waals surface area (Å²) >= 11 is 4.11. The summed E-state index contributed by atoms with van der Waals surface area (Å²) in [6.07, 6.45) is 2.74. The molecule has 1 N–H and O–H groups in total. The van der Waals surface area contributed by atoms with E-state index < -0.39 is 5.97 Å². The topological polar surface area (TPSA) is 99.0 Å². The van der Waals surface area contributed by atoms with E-state index >= 15 is 0 Å². The number of hydrogen-bond donors (Lipinski definition) is 1. The molecule has 0 unspecified atom stereocenters. The summed E-state index contributed by atoms with van der Waals surface area (Å²) < 4.78 is 13.5. The third-order valence-corrected chi connectivity index (χ3v) is 8.86. The number of anilines is 1. The lowest BCUT2D eigenvalue weighted by Gasteiger charge is -2.07. The minimum atomic E-state index is -0.394. The molecule has 1 aromatic carbocycles. The van der Waals surface area contributed by atoms with E-state index in [9.17, 15) is 14.4 Å². The number of methoxy groups -OCH3 is 1. The molecule has 2 aromatic heterocycles. The van der Waals surface area contributed by atoms with Crippen molar-refractivity contribution >= 4 is 67.4 Å². The Morgan fingerprint density at radius 3 is 2.81 bits per heavy atom. The van der Waals surface area contributed by atoms with E-state index in [-0.39, 0.29) is 29.9 Å². The van der Waals surface area contributed by atoms with Gasteiger partial charge in [-0.3, -0.25) is 9.59 Å². The first kappa shape index (κ1) is 26.6. The van der Waals surface area contributed by atoms with Crippen LogP contribution in [0.4, 0.5) is 5.00 Å². The molecule has 1 aliphatic carbocycles. The molecular formula is C25H29N3O5S3. The first-order valence-electron chi connectivity index (χ1n) is 11.8. The van der Waals surface area contributed by atoms with Crippen LogP contribution in [-0.4, -0.2) is 54.2 Å². The lowest BCUT2D eigenvalue weighted by atomic mass is 10.1. The molecule has 0 aliphatic heterocycles.